The van der Waals surface area contributed by atoms with Crippen LogP contribution in [0.3, 0.4) is 0 Å². The first kappa shape index (κ1) is 19.4. The normalized spacial score (nSPS) is 18.2. The van der Waals surface area contributed by atoms with Gasteiger partial charge in [-0.25, -0.2) is 8.42 Å². The van der Waals surface area contributed by atoms with Crippen molar-refractivity contribution in [3.8, 4) is 5.75 Å². The number of carbonyl (C=O) groups is 1. The summed E-state index contributed by atoms with van der Waals surface area (Å²) in [6.07, 6.45) is 6.85. The Labute approximate surface area is 159 Å². The van der Waals surface area contributed by atoms with Gasteiger partial charge >= 0.3 is 0 Å². The molecule has 1 N–H and O–H groups in total. The number of amides is 1. The lowest BCUT2D eigenvalue weighted by Crippen LogP contribution is -2.49. The van der Waals surface area contributed by atoms with Gasteiger partial charge in [0.05, 0.1) is 12.8 Å². The number of aromatic nitrogens is 2. The summed E-state index contributed by atoms with van der Waals surface area (Å²) in [6.45, 7) is 1.45. The van der Waals surface area contributed by atoms with Crippen LogP contribution in [0.15, 0.2) is 42.7 Å². The molecule has 1 aliphatic rings. The van der Waals surface area contributed by atoms with Crippen molar-refractivity contribution in [2.24, 2.45) is 0 Å². The number of hydrogen-bond acceptors (Lipinski definition) is 5. The second-order valence-electron chi connectivity index (χ2n) is 6.52. The Bertz CT molecular complexity index is 867. The van der Waals surface area contributed by atoms with Crippen molar-refractivity contribution >= 4 is 21.6 Å². The molecule has 2 aromatic rings. The van der Waals surface area contributed by atoms with Crippen molar-refractivity contribution in [1.82, 2.24) is 14.1 Å². The zero-order chi connectivity index (χ0) is 19.3. The molecule has 1 aromatic carbocycles. The molecule has 9 heteroatoms. The Kier molecular flexibility index (Phi) is 6.12. The van der Waals surface area contributed by atoms with Crippen LogP contribution < -0.4 is 10.1 Å². The van der Waals surface area contributed by atoms with Crippen molar-refractivity contribution in [3.05, 3.63) is 42.7 Å². The van der Waals surface area contributed by atoms with E-state index in [4.69, 9.17) is 4.74 Å². The van der Waals surface area contributed by atoms with Crippen LogP contribution in [0, 0.1) is 0 Å². The molecule has 1 aromatic heterocycles. The minimum atomic E-state index is -3.41. The first-order valence-electron chi connectivity index (χ1n) is 8.91. The summed E-state index contributed by atoms with van der Waals surface area (Å²) in [5.74, 6) is 0.317. The van der Waals surface area contributed by atoms with E-state index < -0.39 is 16.1 Å². The van der Waals surface area contributed by atoms with E-state index >= 15 is 0 Å². The molecule has 0 aliphatic carbocycles. The molecule has 3 rings (SSSR count). The minimum Gasteiger partial charge on any atom is -0.492 e. The number of nitrogens with one attached hydrogen (secondary N) is 1. The van der Waals surface area contributed by atoms with Gasteiger partial charge in [-0.05, 0) is 31.0 Å². The maximum absolute atomic E-state index is 12.6. The predicted molar refractivity (Wildman–Crippen MR) is 102 cm³/mol. The highest BCUT2D eigenvalue weighted by Crippen LogP contribution is 2.23. The monoisotopic (exact) mass is 392 g/mol. The van der Waals surface area contributed by atoms with Gasteiger partial charge in [-0.1, -0.05) is 12.5 Å². The van der Waals surface area contributed by atoms with Crippen LogP contribution in [-0.2, 0) is 21.4 Å². The van der Waals surface area contributed by atoms with Crippen molar-refractivity contribution in [2.75, 3.05) is 24.7 Å². The molecule has 1 saturated heterocycles. The lowest BCUT2D eigenvalue weighted by atomic mass is 10.0. The van der Waals surface area contributed by atoms with Gasteiger partial charge in [0.15, 0.2) is 0 Å². The second-order valence-corrected chi connectivity index (χ2v) is 8.46. The van der Waals surface area contributed by atoms with E-state index in [2.05, 4.69) is 10.4 Å². The summed E-state index contributed by atoms with van der Waals surface area (Å²) in [4.78, 5) is 12.6. The molecule has 8 nitrogen and oxygen atoms in total. The first-order valence-corrected chi connectivity index (χ1v) is 10.8. The molecular formula is C18H24N4O4S. The summed E-state index contributed by atoms with van der Waals surface area (Å²) >= 11 is 0. The smallest absolute Gasteiger partial charge is 0.242 e. The molecule has 1 amide bonds. The fourth-order valence-electron chi connectivity index (χ4n) is 3.14. The standard InChI is InChI=1S/C18H24N4O4S/c1-27(24,25)22-11-3-2-8-17(22)18(23)20-15-6-4-7-16(14-15)26-13-12-21-10-5-9-19-21/h4-7,9-10,14,17H,2-3,8,11-13H2,1H3,(H,20,23). The van der Waals surface area contributed by atoms with E-state index in [1.807, 2.05) is 18.3 Å². The largest absolute Gasteiger partial charge is 0.492 e. The van der Waals surface area contributed by atoms with Crippen LogP contribution in [0.4, 0.5) is 5.69 Å². The highest BCUT2D eigenvalue weighted by molar-refractivity contribution is 7.88. The number of sulfonamides is 1. The number of piperidine rings is 1. The van der Waals surface area contributed by atoms with E-state index in [0.29, 0.717) is 37.6 Å². The molecule has 27 heavy (non-hydrogen) atoms. The third-order valence-corrected chi connectivity index (χ3v) is 5.72. The highest BCUT2D eigenvalue weighted by Gasteiger charge is 2.34. The number of anilines is 1. The van der Waals surface area contributed by atoms with Gasteiger partial charge in [0, 0.05) is 30.7 Å². The number of nitrogens with zero attached hydrogens (tertiary/aromatic N) is 3. The number of benzene rings is 1. The molecule has 0 spiro atoms. The SMILES string of the molecule is CS(=O)(=O)N1CCCCC1C(=O)Nc1cccc(OCCn2cccn2)c1. The molecule has 0 saturated carbocycles. The molecule has 1 unspecified atom stereocenters. The summed E-state index contributed by atoms with van der Waals surface area (Å²) in [6, 6.07) is 8.26. The van der Waals surface area contributed by atoms with E-state index in [9.17, 15) is 13.2 Å². The third kappa shape index (κ3) is 5.30. The van der Waals surface area contributed by atoms with Crippen molar-refractivity contribution < 1.29 is 17.9 Å². The quantitative estimate of drug-likeness (QED) is 0.774. The van der Waals surface area contributed by atoms with E-state index in [0.717, 1.165) is 19.1 Å². The van der Waals surface area contributed by atoms with Gasteiger partial charge in [0.1, 0.15) is 18.4 Å². The molecule has 1 fully saturated rings. The molecule has 2 heterocycles. The van der Waals surface area contributed by atoms with Crippen LogP contribution in [0.1, 0.15) is 19.3 Å². The van der Waals surface area contributed by atoms with E-state index in [1.54, 1.807) is 29.1 Å². The maximum atomic E-state index is 12.6. The van der Waals surface area contributed by atoms with Gasteiger partial charge in [-0.2, -0.15) is 9.40 Å². The number of ether oxygens (including phenoxy) is 1. The van der Waals surface area contributed by atoms with Crippen LogP contribution in [0.5, 0.6) is 5.75 Å². The van der Waals surface area contributed by atoms with E-state index in [-0.39, 0.29) is 5.91 Å². The Morgan fingerprint density at radius 2 is 2.19 bits per heavy atom. The Hall–Kier alpha value is -2.39. The average molecular weight is 392 g/mol. The fraction of sp³-hybridized carbons (Fsp3) is 0.444. The van der Waals surface area contributed by atoms with Crippen LogP contribution in [0.25, 0.3) is 0 Å². The van der Waals surface area contributed by atoms with Crippen molar-refractivity contribution in [2.45, 2.75) is 31.8 Å². The Balaban J connectivity index is 1.60. The Morgan fingerprint density at radius 1 is 1.33 bits per heavy atom. The fourth-order valence-corrected chi connectivity index (χ4v) is 4.27. The summed E-state index contributed by atoms with van der Waals surface area (Å²) in [7, 11) is -3.41. The van der Waals surface area contributed by atoms with Gasteiger partial charge < -0.3 is 10.1 Å². The van der Waals surface area contributed by atoms with Gasteiger partial charge in [0.2, 0.25) is 15.9 Å². The highest BCUT2D eigenvalue weighted by atomic mass is 32.2. The number of rotatable bonds is 7. The zero-order valence-corrected chi connectivity index (χ0v) is 16.1. The number of hydrogen-bond donors (Lipinski definition) is 1. The molecule has 1 atom stereocenters. The van der Waals surface area contributed by atoms with Crippen molar-refractivity contribution in [1.29, 1.82) is 0 Å². The van der Waals surface area contributed by atoms with Crippen LogP contribution in [-0.4, -0.2) is 53.9 Å². The average Bonchev–Trinajstić information content (AvgIpc) is 3.15. The molecule has 0 radical (unpaired) electrons. The van der Waals surface area contributed by atoms with Gasteiger partial charge in [0.25, 0.3) is 0 Å². The van der Waals surface area contributed by atoms with Crippen molar-refractivity contribution in [3.63, 3.8) is 0 Å². The summed E-state index contributed by atoms with van der Waals surface area (Å²) < 4.78 is 32.6. The number of carbonyl (C=O) groups excluding carboxylic acids is 1. The van der Waals surface area contributed by atoms with Gasteiger partial charge in [-0.15, -0.1) is 0 Å². The molecule has 146 valence electrons. The van der Waals surface area contributed by atoms with E-state index in [1.165, 1.54) is 4.31 Å². The van der Waals surface area contributed by atoms with Crippen LogP contribution in [0.2, 0.25) is 0 Å². The molecular weight excluding hydrogens is 368 g/mol. The first-order chi connectivity index (χ1) is 12.9. The van der Waals surface area contributed by atoms with Crippen LogP contribution >= 0.6 is 0 Å². The van der Waals surface area contributed by atoms with Gasteiger partial charge in [-0.3, -0.25) is 9.48 Å². The molecule has 1 aliphatic heterocycles. The predicted octanol–water partition coefficient (Wildman–Crippen LogP) is 1.71. The molecule has 0 bridgehead atoms. The maximum Gasteiger partial charge on any atom is 0.242 e. The second kappa shape index (κ2) is 8.53. The lowest BCUT2D eigenvalue weighted by molar-refractivity contribution is -0.120. The topological polar surface area (TPSA) is 93.5 Å². The third-order valence-electron chi connectivity index (χ3n) is 4.43. The lowest BCUT2D eigenvalue weighted by Gasteiger charge is -2.32. The summed E-state index contributed by atoms with van der Waals surface area (Å²) in [5, 5.41) is 6.92. The zero-order valence-electron chi connectivity index (χ0n) is 15.2. The summed E-state index contributed by atoms with van der Waals surface area (Å²) in [5.41, 5.74) is 0.579. The minimum absolute atomic E-state index is 0.311. The Morgan fingerprint density at radius 3 is 2.93 bits per heavy atom.